The highest BCUT2D eigenvalue weighted by atomic mass is 35.5. The summed E-state index contributed by atoms with van der Waals surface area (Å²) < 4.78 is 13.1. The van der Waals surface area contributed by atoms with Crippen molar-refractivity contribution in [3.05, 3.63) is 58.9 Å². The Kier molecular flexibility index (Phi) is 6.22. The molecule has 1 heterocycles. The number of aromatic nitrogens is 2. The number of nitrogens with zero attached hydrogens (tertiary/aromatic N) is 3. The van der Waals surface area contributed by atoms with Crippen LogP contribution in [0.4, 0.5) is 0 Å². The fourth-order valence-electron chi connectivity index (χ4n) is 2.82. The van der Waals surface area contributed by atoms with Crippen LogP contribution in [0, 0.1) is 23.7 Å². The number of benzene rings is 2. The summed E-state index contributed by atoms with van der Waals surface area (Å²) in [4.78, 5) is 4.36. The quantitative estimate of drug-likeness (QED) is 0.432. The number of ether oxygens (including phenoxy) is 2. The van der Waals surface area contributed by atoms with Gasteiger partial charge in [-0.3, -0.25) is 0 Å². The van der Waals surface area contributed by atoms with Gasteiger partial charge in [0.1, 0.15) is 6.61 Å². The molecule has 0 aliphatic rings. The number of imidazole rings is 1. The number of allylic oxidation sites excluding steroid dienone is 1. The molecule has 0 aliphatic heterocycles. The van der Waals surface area contributed by atoms with E-state index in [2.05, 4.69) is 17.0 Å². The van der Waals surface area contributed by atoms with E-state index in [1.165, 1.54) is 0 Å². The lowest BCUT2D eigenvalue weighted by molar-refractivity contribution is 0.299. The first-order valence-corrected chi connectivity index (χ1v) is 9.07. The van der Waals surface area contributed by atoms with Crippen molar-refractivity contribution in [1.29, 1.82) is 5.26 Å². The summed E-state index contributed by atoms with van der Waals surface area (Å²) in [6, 6.07) is 13.5. The molecule has 0 atom stereocenters. The Bertz CT molecular complexity index is 1100. The molecule has 0 spiro atoms. The van der Waals surface area contributed by atoms with E-state index in [0.29, 0.717) is 35.2 Å². The van der Waals surface area contributed by atoms with Crippen LogP contribution >= 0.6 is 11.6 Å². The first-order valence-electron chi connectivity index (χ1n) is 8.69. The van der Waals surface area contributed by atoms with E-state index in [4.69, 9.17) is 27.5 Å². The highest BCUT2D eigenvalue weighted by Crippen LogP contribution is 2.37. The van der Waals surface area contributed by atoms with Gasteiger partial charge in [-0.05, 0) is 42.8 Å². The second kappa shape index (κ2) is 8.99. The van der Waals surface area contributed by atoms with Gasteiger partial charge in [0.05, 0.1) is 41.6 Å². The van der Waals surface area contributed by atoms with Crippen molar-refractivity contribution in [3.8, 4) is 29.9 Å². The molecule has 0 bridgehead atoms. The van der Waals surface area contributed by atoms with Gasteiger partial charge in [0, 0.05) is 5.57 Å². The van der Waals surface area contributed by atoms with Crippen molar-refractivity contribution in [1.82, 2.24) is 9.55 Å². The molecular weight excluding hydrogens is 374 g/mol. The van der Waals surface area contributed by atoms with Gasteiger partial charge in [-0.2, -0.15) is 5.26 Å². The number of hydrogen-bond donors (Lipinski definition) is 0. The maximum absolute atomic E-state index is 9.61. The summed E-state index contributed by atoms with van der Waals surface area (Å²) in [5.41, 5.74) is 3.15. The van der Waals surface area contributed by atoms with Crippen molar-refractivity contribution in [2.45, 2.75) is 13.5 Å². The number of nitriles is 1. The molecule has 3 aromatic rings. The lowest BCUT2D eigenvalue weighted by atomic mass is 10.1. The molecule has 3 rings (SSSR count). The molecular formula is C22H18ClN3O2. The largest absolute Gasteiger partial charge is 0.490 e. The van der Waals surface area contributed by atoms with Crippen LogP contribution in [-0.2, 0) is 6.54 Å². The predicted octanol–water partition coefficient (Wildman–Crippen LogP) is 4.71. The van der Waals surface area contributed by atoms with Crippen LogP contribution in [0.1, 0.15) is 12.5 Å². The molecule has 0 N–H and O–H groups in total. The average Bonchev–Trinajstić information content (AvgIpc) is 3.10. The molecule has 0 fully saturated rings. The van der Waals surface area contributed by atoms with Crippen molar-refractivity contribution in [3.63, 3.8) is 0 Å². The fourth-order valence-corrected chi connectivity index (χ4v) is 3.10. The summed E-state index contributed by atoms with van der Waals surface area (Å²) in [5, 5.41) is 9.98. The van der Waals surface area contributed by atoms with Gasteiger partial charge >= 0.3 is 0 Å². The molecule has 0 amide bonds. The Morgan fingerprint density at radius 2 is 2.14 bits per heavy atom. The second-order valence-corrected chi connectivity index (χ2v) is 6.31. The van der Waals surface area contributed by atoms with E-state index in [-0.39, 0.29) is 6.61 Å². The van der Waals surface area contributed by atoms with Gasteiger partial charge in [-0.15, -0.1) is 6.42 Å². The Morgan fingerprint density at radius 3 is 2.89 bits per heavy atom. The molecule has 0 saturated heterocycles. The lowest BCUT2D eigenvalue weighted by Gasteiger charge is -2.13. The maximum atomic E-state index is 9.61. The Hall–Kier alpha value is -3.41. The SMILES string of the molecule is C#CCOc1c(Cl)cc(/C=C(/C#N)Cn2cnc3ccccc32)cc1OCC. The van der Waals surface area contributed by atoms with E-state index in [1.54, 1.807) is 24.5 Å². The van der Waals surface area contributed by atoms with Crippen LogP contribution in [0.5, 0.6) is 11.5 Å². The summed E-state index contributed by atoms with van der Waals surface area (Å²) in [5.74, 6) is 3.30. The third-order valence-electron chi connectivity index (χ3n) is 3.98. The van der Waals surface area contributed by atoms with Gasteiger partial charge in [0.25, 0.3) is 0 Å². The lowest BCUT2D eigenvalue weighted by Crippen LogP contribution is -2.01. The van der Waals surface area contributed by atoms with Crippen LogP contribution in [0.2, 0.25) is 5.02 Å². The molecule has 6 heteroatoms. The van der Waals surface area contributed by atoms with E-state index in [1.807, 2.05) is 35.8 Å². The second-order valence-electron chi connectivity index (χ2n) is 5.90. The third-order valence-corrected chi connectivity index (χ3v) is 4.26. The molecule has 28 heavy (non-hydrogen) atoms. The summed E-state index contributed by atoms with van der Waals surface area (Å²) in [6.07, 6.45) is 8.76. The van der Waals surface area contributed by atoms with Crippen LogP contribution in [0.3, 0.4) is 0 Å². The normalized spacial score (nSPS) is 11.1. The zero-order valence-electron chi connectivity index (χ0n) is 15.4. The monoisotopic (exact) mass is 391 g/mol. The highest BCUT2D eigenvalue weighted by Gasteiger charge is 2.13. The molecule has 2 aromatic carbocycles. The minimum Gasteiger partial charge on any atom is -0.490 e. The van der Waals surface area contributed by atoms with E-state index >= 15 is 0 Å². The van der Waals surface area contributed by atoms with Gasteiger partial charge in [0.2, 0.25) is 0 Å². The molecule has 5 nitrogen and oxygen atoms in total. The molecule has 140 valence electrons. The topological polar surface area (TPSA) is 60.1 Å². The fraction of sp³-hybridized carbons (Fsp3) is 0.182. The van der Waals surface area contributed by atoms with E-state index in [9.17, 15) is 5.26 Å². The highest BCUT2D eigenvalue weighted by molar-refractivity contribution is 6.32. The summed E-state index contributed by atoms with van der Waals surface area (Å²) in [7, 11) is 0. The number of para-hydroxylation sites is 2. The van der Waals surface area contributed by atoms with Crippen molar-refractivity contribution >= 4 is 28.7 Å². The first kappa shape index (κ1) is 19.4. The van der Waals surface area contributed by atoms with Gasteiger partial charge < -0.3 is 14.0 Å². The van der Waals surface area contributed by atoms with Crippen LogP contribution in [0.15, 0.2) is 48.3 Å². The summed E-state index contributed by atoms with van der Waals surface area (Å²) in [6.45, 7) is 2.80. The molecule has 0 saturated carbocycles. The predicted molar refractivity (Wildman–Crippen MR) is 110 cm³/mol. The standard InChI is InChI=1S/C22H18ClN3O2/c1-3-9-28-22-18(23)11-16(12-21(22)27-4-2)10-17(13-24)14-26-15-25-19-7-5-6-8-20(19)26/h1,5-8,10-12,15H,4,9,14H2,2H3/b17-10-. The Labute approximate surface area is 168 Å². The zero-order chi connectivity index (χ0) is 19.9. The van der Waals surface area contributed by atoms with Gasteiger partial charge in [0.15, 0.2) is 11.5 Å². The van der Waals surface area contributed by atoms with Gasteiger partial charge in [-0.1, -0.05) is 29.7 Å². The number of halogens is 1. The van der Waals surface area contributed by atoms with Gasteiger partial charge in [-0.25, -0.2) is 4.98 Å². The Morgan fingerprint density at radius 1 is 1.32 bits per heavy atom. The van der Waals surface area contributed by atoms with Crippen molar-refractivity contribution in [2.75, 3.05) is 13.2 Å². The number of hydrogen-bond acceptors (Lipinski definition) is 4. The molecule has 1 aromatic heterocycles. The van der Waals surface area contributed by atoms with E-state index < -0.39 is 0 Å². The van der Waals surface area contributed by atoms with E-state index in [0.717, 1.165) is 16.6 Å². The smallest absolute Gasteiger partial charge is 0.181 e. The van der Waals surface area contributed by atoms with Crippen LogP contribution < -0.4 is 9.47 Å². The average molecular weight is 392 g/mol. The first-order chi connectivity index (χ1) is 13.7. The molecule has 0 radical (unpaired) electrons. The molecule has 0 unspecified atom stereocenters. The van der Waals surface area contributed by atoms with Crippen LogP contribution in [0.25, 0.3) is 17.1 Å². The number of rotatable bonds is 7. The minimum atomic E-state index is 0.0894. The number of terminal acetylenes is 1. The Balaban J connectivity index is 1.93. The van der Waals surface area contributed by atoms with Crippen molar-refractivity contribution < 1.29 is 9.47 Å². The third kappa shape index (κ3) is 4.28. The van der Waals surface area contributed by atoms with Crippen LogP contribution in [-0.4, -0.2) is 22.8 Å². The molecule has 0 aliphatic carbocycles. The zero-order valence-corrected chi connectivity index (χ0v) is 16.1. The summed E-state index contributed by atoms with van der Waals surface area (Å²) >= 11 is 6.35. The minimum absolute atomic E-state index is 0.0894. The number of fused-ring (bicyclic) bond motifs is 1. The maximum Gasteiger partial charge on any atom is 0.181 e. The van der Waals surface area contributed by atoms with Crippen molar-refractivity contribution in [2.24, 2.45) is 0 Å².